The van der Waals surface area contributed by atoms with E-state index in [0.29, 0.717) is 17.4 Å². The van der Waals surface area contributed by atoms with Gasteiger partial charge < -0.3 is 5.73 Å². The Morgan fingerprint density at radius 2 is 1.79 bits per heavy atom. The molecule has 0 amide bonds. The summed E-state index contributed by atoms with van der Waals surface area (Å²) >= 11 is 0. The maximum atomic E-state index is 12.5. The van der Waals surface area contributed by atoms with E-state index in [2.05, 4.69) is 4.72 Å². The van der Waals surface area contributed by atoms with E-state index >= 15 is 0 Å². The average Bonchev–Trinajstić information content (AvgIpc) is 3.11. The summed E-state index contributed by atoms with van der Waals surface area (Å²) in [6, 6.07) is 5.35. The molecule has 1 unspecified atom stereocenters. The van der Waals surface area contributed by atoms with E-state index < -0.39 is 15.6 Å². The predicted octanol–water partition coefficient (Wildman–Crippen LogP) is 1.71. The van der Waals surface area contributed by atoms with E-state index in [9.17, 15) is 8.42 Å². The van der Waals surface area contributed by atoms with Gasteiger partial charge in [0.2, 0.25) is 10.0 Å². The van der Waals surface area contributed by atoms with Crippen molar-refractivity contribution in [2.24, 2.45) is 11.7 Å². The highest BCUT2D eigenvalue weighted by molar-refractivity contribution is 7.89. The monoisotopic (exact) mass is 282 g/mol. The summed E-state index contributed by atoms with van der Waals surface area (Å²) in [4.78, 5) is 0.324. The lowest BCUT2D eigenvalue weighted by Crippen LogP contribution is -2.52. The van der Waals surface area contributed by atoms with Crippen LogP contribution in [-0.4, -0.2) is 20.5 Å². The Bertz CT molecular complexity index is 559. The zero-order valence-corrected chi connectivity index (χ0v) is 12.5. The van der Waals surface area contributed by atoms with Gasteiger partial charge in [0.05, 0.1) is 4.90 Å². The van der Waals surface area contributed by atoms with Gasteiger partial charge >= 0.3 is 0 Å². The van der Waals surface area contributed by atoms with Gasteiger partial charge in [-0.3, -0.25) is 0 Å². The molecule has 1 saturated carbocycles. The van der Waals surface area contributed by atoms with Crippen molar-refractivity contribution in [2.75, 3.05) is 6.54 Å². The number of rotatable bonds is 5. The predicted molar refractivity (Wildman–Crippen MR) is 76.4 cm³/mol. The second kappa shape index (κ2) is 4.89. The highest BCUT2D eigenvalue weighted by Gasteiger charge is 2.43. The second-order valence-electron chi connectivity index (χ2n) is 5.82. The van der Waals surface area contributed by atoms with Crippen molar-refractivity contribution >= 4 is 10.0 Å². The van der Waals surface area contributed by atoms with Gasteiger partial charge in [-0.15, -0.1) is 0 Å². The van der Waals surface area contributed by atoms with Crippen molar-refractivity contribution in [3.05, 3.63) is 29.3 Å². The smallest absolute Gasteiger partial charge is 0.241 e. The molecular weight excluding hydrogens is 260 g/mol. The van der Waals surface area contributed by atoms with Crippen LogP contribution in [0.4, 0.5) is 0 Å². The fraction of sp³-hybridized carbons (Fsp3) is 0.571. The van der Waals surface area contributed by atoms with E-state index in [4.69, 9.17) is 5.73 Å². The Morgan fingerprint density at radius 3 is 2.21 bits per heavy atom. The van der Waals surface area contributed by atoms with Crippen LogP contribution in [0.1, 0.15) is 30.9 Å². The first-order valence-electron chi connectivity index (χ1n) is 6.59. The molecule has 0 aromatic heterocycles. The Morgan fingerprint density at radius 1 is 1.26 bits per heavy atom. The van der Waals surface area contributed by atoms with Crippen LogP contribution in [0.3, 0.4) is 0 Å². The van der Waals surface area contributed by atoms with Crippen LogP contribution < -0.4 is 10.5 Å². The molecule has 4 nitrogen and oxygen atoms in total. The van der Waals surface area contributed by atoms with Crippen LogP contribution in [0.15, 0.2) is 23.1 Å². The molecule has 19 heavy (non-hydrogen) atoms. The molecule has 106 valence electrons. The molecule has 3 N–H and O–H groups in total. The first-order chi connectivity index (χ1) is 8.77. The molecule has 1 aromatic rings. The Kier molecular flexibility index (Phi) is 3.73. The average molecular weight is 282 g/mol. The summed E-state index contributed by atoms with van der Waals surface area (Å²) in [7, 11) is -3.51. The van der Waals surface area contributed by atoms with Gasteiger partial charge in [0.25, 0.3) is 0 Å². The third-order valence-electron chi connectivity index (χ3n) is 3.78. The number of sulfonamides is 1. The fourth-order valence-electron chi connectivity index (χ4n) is 2.47. The van der Waals surface area contributed by atoms with Gasteiger partial charge in [-0.2, -0.15) is 0 Å². The SMILES string of the molecule is Cc1cc(C)cc(S(=O)(=O)NC(C)(CN)C2CC2)c1. The Balaban J connectivity index is 2.31. The van der Waals surface area contributed by atoms with Gasteiger partial charge in [-0.1, -0.05) is 6.07 Å². The molecule has 1 aromatic carbocycles. The number of aryl methyl sites for hydroxylation is 2. The van der Waals surface area contributed by atoms with Crippen molar-refractivity contribution in [2.45, 2.75) is 44.0 Å². The number of nitrogens with one attached hydrogen (secondary N) is 1. The molecule has 5 heteroatoms. The van der Waals surface area contributed by atoms with Gasteiger partial charge in [0.1, 0.15) is 0 Å². The standard InChI is InChI=1S/C14H22N2O2S/c1-10-6-11(2)8-13(7-10)19(17,18)16-14(3,9-15)12-4-5-12/h6-8,12,16H,4-5,9,15H2,1-3H3. The number of nitrogens with two attached hydrogens (primary N) is 1. The third-order valence-corrected chi connectivity index (χ3v) is 5.37. The van der Waals surface area contributed by atoms with E-state index in [1.165, 1.54) is 0 Å². The van der Waals surface area contributed by atoms with Gasteiger partial charge in [-0.25, -0.2) is 13.1 Å². The van der Waals surface area contributed by atoms with Gasteiger partial charge in [0.15, 0.2) is 0 Å². The summed E-state index contributed by atoms with van der Waals surface area (Å²) in [5.41, 5.74) is 7.13. The summed E-state index contributed by atoms with van der Waals surface area (Å²) in [5.74, 6) is 0.359. The largest absolute Gasteiger partial charge is 0.329 e. The molecule has 0 bridgehead atoms. The summed E-state index contributed by atoms with van der Waals surface area (Å²) in [5, 5.41) is 0. The van der Waals surface area contributed by atoms with Crippen molar-refractivity contribution in [1.82, 2.24) is 4.72 Å². The molecule has 0 spiro atoms. The van der Waals surface area contributed by atoms with Crippen LogP contribution in [0.25, 0.3) is 0 Å². The maximum Gasteiger partial charge on any atom is 0.241 e. The van der Waals surface area contributed by atoms with E-state index in [1.807, 2.05) is 26.8 Å². The minimum absolute atomic E-state index is 0.321. The Labute approximate surface area is 115 Å². The van der Waals surface area contributed by atoms with Crippen molar-refractivity contribution in [3.63, 3.8) is 0 Å². The normalized spacial score (nSPS) is 19.2. The van der Waals surface area contributed by atoms with Crippen molar-refractivity contribution in [1.29, 1.82) is 0 Å². The number of hydrogen-bond acceptors (Lipinski definition) is 3. The van der Waals surface area contributed by atoms with Crippen LogP contribution in [0.5, 0.6) is 0 Å². The molecule has 0 saturated heterocycles. The lowest BCUT2D eigenvalue weighted by Gasteiger charge is -2.29. The van der Waals surface area contributed by atoms with Crippen LogP contribution >= 0.6 is 0 Å². The molecule has 0 aliphatic heterocycles. The summed E-state index contributed by atoms with van der Waals surface area (Å²) in [6.07, 6.45) is 2.09. The van der Waals surface area contributed by atoms with E-state index in [-0.39, 0.29) is 0 Å². The fourth-order valence-corrected chi connectivity index (χ4v) is 4.13. The minimum atomic E-state index is -3.51. The van der Waals surface area contributed by atoms with Crippen molar-refractivity contribution in [3.8, 4) is 0 Å². The third kappa shape index (κ3) is 3.16. The van der Waals surface area contributed by atoms with Crippen molar-refractivity contribution < 1.29 is 8.42 Å². The van der Waals surface area contributed by atoms with Crippen LogP contribution in [-0.2, 0) is 10.0 Å². The molecule has 0 radical (unpaired) electrons. The first kappa shape index (κ1) is 14.5. The molecule has 1 fully saturated rings. The van der Waals surface area contributed by atoms with Crippen LogP contribution in [0, 0.1) is 19.8 Å². The van der Waals surface area contributed by atoms with Crippen LogP contribution in [0.2, 0.25) is 0 Å². The molecule has 1 aliphatic carbocycles. The topological polar surface area (TPSA) is 72.2 Å². The highest BCUT2D eigenvalue weighted by atomic mass is 32.2. The lowest BCUT2D eigenvalue weighted by atomic mass is 9.98. The molecule has 0 heterocycles. The summed E-state index contributed by atoms with van der Waals surface area (Å²) in [6.45, 7) is 6.01. The number of benzene rings is 1. The zero-order valence-electron chi connectivity index (χ0n) is 11.7. The number of hydrogen-bond donors (Lipinski definition) is 2. The molecular formula is C14H22N2O2S. The van der Waals surface area contributed by atoms with Gasteiger partial charge in [0, 0.05) is 12.1 Å². The Hall–Kier alpha value is -0.910. The van der Waals surface area contributed by atoms with Gasteiger partial charge in [-0.05, 0) is 62.8 Å². The van der Waals surface area contributed by atoms with E-state index in [0.717, 1.165) is 24.0 Å². The molecule has 2 rings (SSSR count). The zero-order chi connectivity index (χ0) is 14.3. The molecule has 1 aliphatic rings. The molecule has 1 atom stereocenters. The highest BCUT2D eigenvalue weighted by Crippen LogP contribution is 2.39. The second-order valence-corrected chi connectivity index (χ2v) is 7.51. The first-order valence-corrected chi connectivity index (χ1v) is 8.07. The minimum Gasteiger partial charge on any atom is -0.329 e. The lowest BCUT2D eigenvalue weighted by molar-refractivity contribution is 0.374. The quantitative estimate of drug-likeness (QED) is 0.863. The van der Waals surface area contributed by atoms with E-state index in [1.54, 1.807) is 12.1 Å². The maximum absolute atomic E-state index is 12.5. The summed E-state index contributed by atoms with van der Waals surface area (Å²) < 4.78 is 27.8.